The van der Waals surface area contributed by atoms with Crippen molar-refractivity contribution in [3.05, 3.63) is 47.8 Å². The molecule has 130 valence electrons. The number of carbonyl (C=O) groups is 1. The van der Waals surface area contributed by atoms with Gasteiger partial charge in [-0.15, -0.1) is 21.5 Å². The number of amides is 1. The molecule has 0 aliphatic heterocycles. The van der Waals surface area contributed by atoms with Gasteiger partial charge in [0.15, 0.2) is 11.0 Å². The van der Waals surface area contributed by atoms with Crippen molar-refractivity contribution >= 4 is 34.7 Å². The van der Waals surface area contributed by atoms with E-state index in [-0.39, 0.29) is 17.1 Å². The van der Waals surface area contributed by atoms with Gasteiger partial charge in [-0.3, -0.25) is 4.79 Å². The van der Waals surface area contributed by atoms with E-state index in [0.29, 0.717) is 0 Å². The Labute approximate surface area is 155 Å². The van der Waals surface area contributed by atoms with E-state index in [1.54, 1.807) is 11.3 Å². The Morgan fingerprint density at radius 3 is 2.56 bits per heavy atom. The van der Waals surface area contributed by atoms with Crippen LogP contribution in [0.1, 0.15) is 13.8 Å². The molecule has 0 bridgehead atoms. The molecule has 3 aromatic rings. The van der Waals surface area contributed by atoms with Crippen LogP contribution in [0.4, 0.5) is 5.69 Å². The highest BCUT2D eigenvalue weighted by atomic mass is 32.2. The van der Waals surface area contributed by atoms with Gasteiger partial charge in [-0.1, -0.05) is 49.9 Å². The van der Waals surface area contributed by atoms with Crippen molar-refractivity contribution in [2.24, 2.45) is 13.0 Å². The number of carbonyl (C=O) groups excluding carboxylic acids is 1. The minimum Gasteiger partial charge on any atom is -0.325 e. The first kappa shape index (κ1) is 17.7. The fraction of sp³-hybridized carbons (Fsp3) is 0.278. The molecule has 1 aromatic carbocycles. The number of hydrogen-bond acceptors (Lipinski definition) is 5. The average molecular weight is 373 g/mol. The van der Waals surface area contributed by atoms with Crippen LogP contribution in [0.25, 0.3) is 10.7 Å². The highest BCUT2D eigenvalue weighted by Gasteiger charge is 2.26. The first-order valence-corrected chi connectivity index (χ1v) is 9.78. The summed E-state index contributed by atoms with van der Waals surface area (Å²) in [5.74, 6) is 0.964. The summed E-state index contributed by atoms with van der Waals surface area (Å²) >= 11 is 3.08. The number of aromatic nitrogens is 3. The van der Waals surface area contributed by atoms with E-state index < -0.39 is 0 Å². The Kier molecular flexibility index (Phi) is 5.55. The number of para-hydroxylation sites is 1. The molecule has 1 N–H and O–H groups in total. The van der Waals surface area contributed by atoms with Crippen LogP contribution >= 0.6 is 23.1 Å². The Morgan fingerprint density at radius 1 is 1.16 bits per heavy atom. The average Bonchev–Trinajstić information content (AvgIpc) is 3.23. The minimum absolute atomic E-state index is 0.0214. The summed E-state index contributed by atoms with van der Waals surface area (Å²) in [5, 5.41) is 14.1. The second-order valence-corrected chi connectivity index (χ2v) is 8.04. The third-order valence-electron chi connectivity index (χ3n) is 3.71. The first-order valence-electron chi connectivity index (χ1n) is 8.02. The van der Waals surface area contributed by atoms with E-state index in [1.807, 2.05) is 73.3 Å². The number of benzene rings is 1. The van der Waals surface area contributed by atoms with Crippen LogP contribution in [0.5, 0.6) is 0 Å². The summed E-state index contributed by atoms with van der Waals surface area (Å²) in [5.41, 5.74) is 0.802. The van der Waals surface area contributed by atoms with E-state index in [0.717, 1.165) is 21.5 Å². The van der Waals surface area contributed by atoms with Gasteiger partial charge < -0.3 is 9.88 Å². The molecule has 0 radical (unpaired) electrons. The van der Waals surface area contributed by atoms with Gasteiger partial charge in [0.25, 0.3) is 0 Å². The molecule has 0 unspecified atom stereocenters. The van der Waals surface area contributed by atoms with Gasteiger partial charge in [0.2, 0.25) is 5.91 Å². The van der Waals surface area contributed by atoms with Crippen molar-refractivity contribution in [2.75, 3.05) is 5.32 Å². The van der Waals surface area contributed by atoms with Crippen molar-refractivity contribution in [1.82, 2.24) is 14.8 Å². The molecule has 2 aromatic heterocycles. The van der Waals surface area contributed by atoms with Crippen LogP contribution in [0.3, 0.4) is 0 Å². The molecule has 5 nitrogen and oxygen atoms in total. The molecule has 0 spiro atoms. The molecule has 1 amide bonds. The molecule has 7 heteroatoms. The van der Waals surface area contributed by atoms with Gasteiger partial charge in [0, 0.05) is 12.7 Å². The Hall–Kier alpha value is -2.12. The highest BCUT2D eigenvalue weighted by Crippen LogP contribution is 2.31. The molecular weight excluding hydrogens is 352 g/mol. The molecule has 25 heavy (non-hydrogen) atoms. The zero-order chi connectivity index (χ0) is 17.8. The molecule has 0 saturated carbocycles. The summed E-state index contributed by atoms with van der Waals surface area (Å²) in [4.78, 5) is 13.8. The Balaban J connectivity index is 1.77. The van der Waals surface area contributed by atoms with Gasteiger partial charge >= 0.3 is 0 Å². The molecule has 0 saturated heterocycles. The second-order valence-electron chi connectivity index (χ2n) is 5.98. The maximum absolute atomic E-state index is 12.7. The van der Waals surface area contributed by atoms with Crippen LogP contribution in [0.2, 0.25) is 0 Å². The van der Waals surface area contributed by atoms with E-state index in [2.05, 4.69) is 15.5 Å². The maximum Gasteiger partial charge on any atom is 0.238 e. The topological polar surface area (TPSA) is 59.8 Å². The zero-order valence-electron chi connectivity index (χ0n) is 14.3. The first-order chi connectivity index (χ1) is 12.1. The Bertz CT molecular complexity index is 828. The number of thiophene rings is 1. The van der Waals surface area contributed by atoms with Crippen molar-refractivity contribution in [1.29, 1.82) is 0 Å². The number of anilines is 1. The largest absolute Gasteiger partial charge is 0.325 e. The molecular formula is C18H20N4OS2. The smallest absolute Gasteiger partial charge is 0.238 e. The predicted octanol–water partition coefficient (Wildman–Crippen LogP) is 4.30. The number of thioether (sulfide) groups is 1. The van der Waals surface area contributed by atoms with Gasteiger partial charge in [0.05, 0.1) is 10.1 Å². The van der Waals surface area contributed by atoms with Crippen LogP contribution in [-0.2, 0) is 11.8 Å². The molecule has 3 rings (SSSR count). The SMILES string of the molecule is CC(C)[C@@H](Sc1nnc(-c2cccs2)n1C)C(=O)Nc1ccccc1. The number of nitrogens with zero attached hydrogens (tertiary/aromatic N) is 3. The molecule has 0 aliphatic carbocycles. The van der Waals surface area contributed by atoms with Crippen molar-refractivity contribution in [2.45, 2.75) is 24.3 Å². The van der Waals surface area contributed by atoms with E-state index >= 15 is 0 Å². The van der Waals surface area contributed by atoms with Crippen molar-refractivity contribution in [3.63, 3.8) is 0 Å². The van der Waals surface area contributed by atoms with Crippen LogP contribution < -0.4 is 5.32 Å². The summed E-state index contributed by atoms with van der Waals surface area (Å²) in [6.45, 7) is 4.08. The third kappa shape index (κ3) is 4.11. The van der Waals surface area contributed by atoms with Gasteiger partial charge in [0.1, 0.15) is 0 Å². The normalized spacial score (nSPS) is 12.3. The summed E-state index contributed by atoms with van der Waals surface area (Å²) in [6.07, 6.45) is 0. The number of nitrogens with one attached hydrogen (secondary N) is 1. The van der Waals surface area contributed by atoms with Crippen molar-refractivity contribution in [3.8, 4) is 10.7 Å². The monoisotopic (exact) mass is 372 g/mol. The lowest BCUT2D eigenvalue weighted by Gasteiger charge is -2.19. The quantitative estimate of drug-likeness (QED) is 0.656. The van der Waals surface area contributed by atoms with Crippen molar-refractivity contribution < 1.29 is 4.79 Å². The molecule has 1 atom stereocenters. The minimum atomic E-state index is -0.251. The Morgan fingerprint density at radius 2 is 1.92 bits per heavy atom. The van der Waals surface area contributed by atoms with E-state index in [4.69, 9.17) is 0 Å². The maximum atomic E-state index is 12.7. The summed E-state index contributed by atoms with van der Waals surface area (Å²) in [7, 11) is 1.93. The number of rotatable bonds is 6. The summed E-state index contributed by atoms with van der Waals surface area (Å²) in [6, 6.07) is 13.5. The zero-order valence-corrected chi connectivity index (χ0v) is 16.0. The summed E-state index contributed by atoms with van der Waals surface area (Å²) < 4.78 is 1.95. The van der Waals surface area contributed by atoms with Gasteiger partial charge in [-0.05, 0) is 29.5 Å². The lowest BCUT2D eigenvalue weighted by molar-refractivity contribution is -0.116. The lowest BCUT2D eigenvalue weighted by Crippen LogP contribution is -2.29. The standard InChI is InChI=1S/C18H20N4OS2/c1-12(2)15(17(23)19-13-8-5-4-6-9-13)25-18-21-20-16(22(18)3)14-10-7-11-24-14/h4-12,15H,1-3H3,(H,19,23)/t15-/m1/s1. The van der Waals surface area contributed by atoms with E-state index in [9.17, 15) is 4.79 Å². The van der Waals surface area contributed by atoms with Crippen LogP contribution in [-0.4, -0.2) is 25.9 Å². The van der Waals surface area contributed by atoms with Gasteiger partial charge in [-0.25, -0.2) is 0 Å². The predicted molar refractivity (Wildman–Crippen MR) is 104 cm³/mol. The lowest BCUT2D eigenvalue weighted by atomic mass is 10.1. The highest BCUT2D eigenvalue weighted by molar-refractivity contribution is 8.00. The van der Waals surface area contributed by atoms with Crippen LogP contribution in [0.15, 0.2) is 53.0 Å². The van der Waals surface area contributed by atoms with E-state index in [1.165, 1.54) is 11.8 Å². The third-order valence-corrected chi connectivity index (χ3v) is 6.16. The second kappa shape index (κ2) is 7.84. The van der Waals surface area contributed by atoms with Gasteiger partial charge in [-0.2, -0.15) is 0 Å². The molecule has 2 heterocycles. The fourth-order valence-corrected chi connectivity index (χ4v) is 4.12. The molecule has 0 aliphatic rings. The number of hydrogen-bond donors (Lipinski definition) is 1. The van der Waals surface area contributed by atoms with Crippen LogP contribution in [0, 0.1) is 5.92 Å². The molecule has 0 fully saturated rings. The fourth-order valence-electron chi connectivity index (χ4n) is 2.38.